The first-order valence-electron chi connectivity index (χ1n) is 4.99. The van der Waals surface area contributed by atoms with Gasteiger partial charge in [-0.05, 0) is 30.9 Å². The van der Waals surface area contributed by atoms with Crippen LogP contribution in [0.5, 0.6) is 0 Å². The summed E-state index contributed by atoms with van der Waals surface area (Å²) >= 11 is 0. The first-order valence-corrected chi connectivity index (χ1v) is 4.99. The summed E-state index contributed by atoms with van der Waals surface area (Å²) < 4.78 is 0. The number of aliphatic hydroxyl groups is 1. The molecule has 0 bridgehead atoms. The lowest BCUT2D eigenvalue weighted by Gasteiger charge is -2.11. The predicted octanol–water partition coefficient (Wildman–Crippen LogP) is 1.82. The van der Waals surface area contributed by atoms with Crippen molar-refractivity contribution in [3.63, 3.8) is 0 Å². The number of hydrogen-bond acceptors (Lipinski definition) is 3. The molecule has 0 amide bonds. The fraction of sp³-hybridized carbons (Fsp3) is 0.545. The topological polar surface area (TPSA) is 45.1 Å². The summed E-state index contributed by atoms with van der Waals surface area (Å²) in [6.07, 6.45) is 2.68. The number of anilines is 1. The van der Waals surface area contributed by atoms with E-state index in [-0.39, 0.29) is 6.61 Å². The highest BCUT2D eigenvalue weighted by molar-refractivity contribution is 5.35. The van der Waals surface area contributed by atoms with Gasteiger partial charge >= 0.3 is 0 Å². The van der Waals surface area contributed by atoms with Gasteiger partial charge in [0.2, 0.25) is 0 Å². The molecule has 3 nitrogen and oxygen atoms in total. The number of aromatic nitrogens is 1. The molecule has 0 saturated carbocycles. The van der Waals surface area contributed by atoms with Crippen LogP contribution in [0.25, 0.3) is 0 Å². The van der Waals surface area contributed by atoms with Crippen LogP contribution in [0.3, 0.4) is 0 Å². The minimum Gasteiger partial charge on any atom is -0.396 e. The fourth-order valence-corrected chi connectivity index (χ4v) is 1.17. The first-order chi connectivity index (χ1) is 6.72. The second-order valence-electron chi connectivity index (χ2n) is 3.72. The third-order valence-corrected chi connectivity index (χ3v) is 2.16. The van der Waals surface area contributed by atoms with E-state index >= 15 is 0 Å². The monoisotopic (exact) mass is 194 g/mol. The zero-order valence-electron chi connectivity index (χ0n) is 8.83. The molecule has 0 fully saturated rings. The highest BCUT2D eigenvalue weighted by atomic mass is 16.3. The number of hydrogen-bond donors (Lipinski definition) is 2. The molecule has 2 N–H and O–H groups in total. The molecule has 0 aliphatic rings. The normalized spacial score (nSPS) is 12.5. The minimum absolute atomic E-state index is 0.254. The van der Waals surface area contributed by atoms with Crippen LogP contribution in [0, 0.1) is 12.8 Å². The van der Waals surface area contributed by atoms with Gasteiger partial charge in [-0.2, -0.15) is 0 Å². The first kappa shape index (κ1) is 11.0. The number of nitrogens with one attached hydrogen (secondary N) is 1. The molecule has 0 aromatic carbocycles. The van der Waals surface area contributed by atoms with E-state index in [1.807, 2.05) is 25.3 Å². The van der Waals surface area contributed by atoms with Crippen molar-refractivity contribution in [1.82, 2.24) is 4.98 Å². The quantitative estimate of drug-likeness (QED) is 0.751. The van der Waals surface area contributed by atoms with Gasteiger partial charge in [-0.3, -0.25) is 0 Å². The van der Waals surface area contributed by atoms with Crippen molar-refractivity contribution in [3.8, 4) is 0 Å². The SMILES string of the molecule is Cc1ccc(NCC(C)CCO)nc1. The lowest BCUT2D eigenvalue weighted by Crippen LogP contribution is -2.13. The molecule has 1 aromatic heterocycles. The predicted molar refractivity (Wildman–Crippen MR) is 58.3 cm³/mol. The van der Waals surface area contributed by atoms with Gasteiger partial charge in [-0.25, -0.2) is 4.98 Å². The van der Waals surface area contributed by atoms with E-state index in [0.29, 0.717) is 5.92 Å². The highest BCUT2D eigenvalue weighted by Crippen LogP contribution is 2.06. The summed E-state index contributed by atoms with van der Waals surface area (Å²) in [4.78, 5) is 4.24. The van der Waals surface area contributed by atoms with Gasteiger partial charge in [0.15, 0.2) is 0 Å². The maximum Gasteiger partial charge on any atom is 0.125 e. The molecule has 0 saturated heterocycles. The van der Waals surface area contributed by atoms with Crippen LogP contribution in [-0.2, 0) is 0 Å². The summed E-state index contributed by atoms with van der Waals surface area (Å²) in [6, 6.07) is 4.01. The van der Waals surface area contributed by atoms with Crippen LogP contribution in [0.2, 0.25) is 0 Å². The van der Waals surface area contributed by atoms with E-state index in [0.717, 1.165) is 18.8 Å². The van der Waals surface area contributed by atoms with Crippen molar-refractivity contribution < 1.29 is 5.11 Å². The lowest BCUT2D eigenvalue weighted by molar-refractivity contribution is 0.266. The van der Waals surface area contributed by atoms with Gasteiger partial charge in [0.25, 0.3) is 0 Å². The second kappa shape index (κ2) is 5.60. The van der Waals surface area contributed by atoms with Crippen molar-refractivity contribution in [2.24, 2.45) is 5.92 Å². The van der Waals surface area contributed by atoms with E-state index in [4.69, 9.17) is 5.11 Å². The van der Waals surface area contributed by atoms with Crippen LogP contribution in [-0.4, -0.2) is 23.2 Å². The van der Waals surface area contributed by atoms with Gasteiger partial charge in [0.1, 0.15) is 5.82 Å². The smallest absolute Gasteiger partial charge is 0.125 e. The van der Waals surface area contributed by atoms with Crippen LogP contribution in [0.15, 0.2) is 18.3 Å². The largest absolute Gasteiger partial charge is 0.396 e. The Labute approximate surface area is 85.2 Å². The van der Waals surface area contributed by atoms with Gasteiger partial charge in [0, 0.05) is 19.3 Å². The van der Waals surface area contributed by atoms with Crippen LogP contribution < -0.4 is 5.32 Å². The Morgan fingerprint density at radius 3 is 2.86 bits per heavy atom. The fourth-order valence-electron chi connectivity index (χ4n) is 1.17. The van der Waals surface area contributed by atoms with Gasteiger partial charge < -0.3 is 10.4 Å². The van der Waals surface area contributed by atoms with Crippen molar-refractivity contribution >= 4 is 5.82 Å². The Kier molecular flexibility index (Phi) is 4.40. The molecule has 14 heavy (non-hydrogen) atoms. The molecular weight excluding hydrogens is 176 g/mol. The summed E-state index contributed by atoms with van der Waals surface area (Å²) in [5, 5.41) is 12.0. The van der Waals surface area contributed by atoms with E-state index in [1.165, 1.54) is 5.56 Å². The summed E-state index contributed by atoms with van der Waals surface area (Å²) in [5.41, 5.74) is 1.17. The number of aryl methyl sites for hydroxylation is 1. The number of rotatable bonds is 5. The zero-order valence-corrected chi connectivity index (χ0v) is 8.83. The Hall–Kier alpha value is -1.09. The highest BCUT2D eigenvalue weighted by Gasteiger charge is 2.00. The van der Waals surface area contributed by atoms with Crippen molar-refractivity contribution in [2.75, 3.05) is 18.5 Å². The molecular formula is C11H18N2O. The Bertz CT molecular complexity index is 258. The second-order valence-corrected chi connectivity index (χ2v) is 3.72. The third-order valence-electron chi connectivity index (χ3n) is 2.16. The summed E-state index contributed by atoms with van der Waals surface area (Å²) in [5.74, 6) is 1.38. The number of aliphatic hydroxyl groups excluding tert-OH is 1. The van der Waals surface area contributed by atoms with E-state index < -0.39 is 0 Å². The Morgan fingerprint density at radius 2 is 2.29 bits per heavy atom. The average Bonchev–Trinajstić information content (AvgIpc) is 2.17. The summed E-state index contributed by atoms with van der Waals surface area (Å²) in [7, 11) is 0. The molecule has 0 aliphatic carbocycles. The summed E-state index contributed by atoms with van der Waals surface area (Å²) in [6.45, 7) is 5.24. The van der Waals surface area contributed by atoms with Crippen LogP contribution >= 0.6 is 0 Å². The molecule has 1 atom stereocenters. The molecule has 1 unspecified atom stereocenters. The van der Waals surface area contributed by atoms with Gasteiger partial charge in [-0.1, -0.05) is 13.0 Å². The molecule has 1 aromatic rings. The average molecular weight is 194 g/mol. The van der Waals surface area contributed by atoms with Gasteiger partial charge in [0.05, 0.1) is 0 Å². The van der Waals surface area contributed by atoms with Crippen molar-refractivity contribution in [1.29, 1.82) is 0 Å². The molecule has 0 spiro atoms. The molecule has 1 heterocycles. The standard InChI is InChI=1S/C11H18N2O/c1-9-3-4-11(12-7-9)13-8-10(2)5-6-14/h3-4,7,10,14H,5-6,8H2,1-2H3,(H,12,13). The molecule has 0 radical (unpaired) electrons. The van der Waals surface area contributed by atoms with E-state index in [9.17, 15) is 0 Å². The molecule has 78 valence electrons. The van der Waals surface area contributed by atoms with E-state index in [2.05, 4.69) is 17.2 Å². The molecule has 1 rings (SSSR count). The zero-order chi connectivity index (χ0) is 10.4. The van der Waals surface area contributed by atoms with Crippen LogP contribution in [0.1, 0.15) is 18.9 Å². The molecule has 3 heteroatoms. The lowest BCUT2D eigenvalue weighted by atomic mass is 10.1. The molecule has 0 aliphatic heterocycles. The maximum atomic E-state index is 8.73. The van der Waals surface area contributed by atoms with Crippen molar-refractivity contribution in [3.05, 3.63) is 23.9 Å². The third kappa shape index (κ3) is 3.75. The minimum atomic E-state index is 0.254. The van der Waals surface area contributed by atoms with E-state index in [1.54, 1.807) is 0 Å². The van der Waals surface area contributed by atoms with Crippen LogP contribution in [0.4, 0.5) is 5.82 Å². The Morgan fingerprint density at radius 1 is 1.50 bits per heavy atom. The van der Waals surface area contributed by atoms with Crippen molar-refractivity contribution in [2.45, 2.75) is 20.3 Å². The maximum absolute atomic E-state index is 8.73. The van der Waals surface area contributed by atoms with Gasteiger partial charge in [-0.15, -0.1) is 0 Å². The Balaban J connectivity index is 2.34. The number of pyridine rings is 1. The number of nitrogens with zero attached hydrogens (tertiary/aromatic N) is 1.